The van der Waals surface area contributed by atoms with Gasteiger partial charge < -0.3 is 24.5 Å². The highest BCUT2D eigenvalue weighted by atomic mass is 16.5. The maximum absolute atomic E-state index is 12.6. The molecule has 176 valence electrons. The molecule has 8 nitrogen and oxygen atoms in total. The third-order valence-electron chi connectivity index (χ3n) is 6.91. The monoisotopic (exact) mass is 448 g/mol. The third kappa shape index (κ3) is 6.17. The highest BCUT2D eigenvalue weighted by molar-refractivity contribution is 5.89. The summed E-state index contributed by atoms with van der Waals surface area (Å²) in [5.41, 5.74) is 0.826. The number of carbonyl (C=O) groups excluding carboxylic acids is 1. The Hall–Kier alpha value is -2.71. The van der Waals surface area contributed by atoms with E-state index in [4.69, 9.17) is 14.9 Å². The summed E-state index contributed by atoms with van der Waals surface area (Å²) in [7, 11) is 2.37. The van der Waals surface area contributed by atoms with Crippen LogP contribution in [0, 0.1) is 0 Å². The number of fused-ring (bicyclic) bond motifs is 2. The summed E-state index contributed by atoms with van der Waals surface area (Å²) < 4.78 is 6.96. The quantitative estimate of drug-likeness (QED) is 0.333. The van der Waals surface area contributed by atoms with Crippen molar-refractivity contribution in [3.05, 3.63) is 48.0 Å². The van der Waals surface area contributed by atoms with Crippen molar-refractivity contribution in [1.29, 1.82) is 0 Å². The van der Waals surface area contributed by atoms with Crippen LogP contribution in [0.1, 0.15) is 51.0 Å². The van der Waals surface area contributed by atoms with E-state index in [-0.39, 0.29) is 18.7 Å². The number of esters is 1. The second kappa shape index (κ2) is 11.2. The van der Waals surface area contributed by atoms with Gasteiger partial charge in [0.05, 0.1) is 31.8 Å². The molecule has 0 aromatic heterocycles. The summed E-state index contributed by atoms with van der Waals surface area (Å²) >= 11 is 0. The Kier molecular flexibility index (Phi) is 8.98. The number of hydrogen-bond donors (Lipinski definition) is 3. The minimum absolute atomic E-state index is 0.00212. The number of aliphatic carboxylic acids is 2. The summed E-state index contributed by atoms with van der Waals surface area (Å²) in [6.45, 7) is 4.39. The number of rotatable bonds is 7. The number of quaternary nitrogens is 1. The lowest BCUT2D eigenvalue weighted by Crippen LogP contribution is -2.62. The SMILES string of the molecule is CC(C)[N+]1(C)[C@@H]2CC[C@@H]1CC(OC(=O)C(CO)c1ccccc1)C2.O=C(O)/C=C/C(=O)O. The summed E-state index contributed by atoms with van der Waals surface area (Å²) in [6, 6.07) is 11.2. The molecule has 8 heteroatoms. The van der Waals surface area contributed by atoms with E-state index in [1.807, 2.05) is 30.3 Å². The van der Waals surface area contributed by atoms with Gasteiger partial charge in [0, 0.05) is 37.8 Å². The van der Waals surface area contributed by atoms with Crippen LogP contribution in [0.3, 0.4) is 0 Å². The van der Waals surface area contributed by atoms with Crippen molar-refractivity contribution < 1.29 is 38.9 Å². The zero-order chi connectivity index (χ0) is 23.9. The molecule has 2 saturated heterocycles. The Morgan fingerprint density at radius 2 is 1.53 bits per heavy atom. The topological polar surface area (TPSA) is 121 Å². The van der Waals surface area contributed by atoms with Gasteiger partial charge in [0.1, 0.15) is 12.0 Å². The van der Waals surface area contributed by atoms with Crippen molar-refractivity contribution in [2.24, 2.45) is 0 Å². The Labute approximate surface area is 188 Å². The van der Waals surface area contributed by atoms with E-state index in [2.05, 4.69) is 20.9 Å². The number of carboxylic acids is 2. The van der Waals surface area contributed by atoms with Crippen molar-refractivity contribution in [2.75, 3.05) is 13.7 Å². The smallest absolute Gasteiger partial charge is 0.328 e. The molecule has 0 saturated carbocycles. The van der Waals surface area contributed by atoms with Gasteiger partial charge in [-0.3, -0.25) is 4.79 Å². The summed E-state index contributed by atoms with van der Waals surface area (Å²) in [5.74, 6) is -3.37. The maximum atomic E-state index is 12.6. The van der Waals surface area contributed by atoms with Crippen LogP contribution >= 0.6 is 0 Å². The van der Waals surface area contributed by atoms with E-state index in [0.29, 0.717) is 30.3 Å². The number of ether oxygens (including phenoxy) is 1. The number of aliphatic hydroxyl groups excluding tert-OH is 1. The highest BCUT2D eigenvalue weighted by Crippen LogP contribution is 2.44. The molecule has 1 aromatic carbocycles. The fraction of sp³-hybridized carbons (Fsp3) is 0.542. The summed E-state index contributed by atoms with van der Waals surface area (Å²) in [5, 5.41) is 25.3. The van der Waals surface area contributed by atoms with Crippen LogP contribution in [0.2, 0.25) is 0 Å². The largest absolute Gasteiger partial charge is 0.478 e. The first-order valence-electron chi connectivity index (χ1n) is 10.9. The van der Waals surface area contributed by atoms with Crippen molar-refractivity contribution in [3.63, 3.8) is 0 Å². The fourth-order valence-corrected chi connectivity index (χ4v) is 4.96. The lowest BCUT2D eigenvalue weighted by Gasteiger charge is -2.49. The van der Waals surface area contributed by atoms with Gasteiger partial charge in [-0.25, -0.2) is 9.59 Å². The molecular formula is C24H34NO7+. The van der Waals surface area contributed by atoms with Crippen LogP contribution in [0.25, 0.3) is 0 Å². The minimum atomic E-state index is -1.26. The zero-order valence-corrected chi connectivity index (χ0v) is 18.9. The van der Waals surface area contributed by atoms with E-state index in [1.54, 1.807) is 0 Å². The van der Waals surface area contributed by atoms with Crippen LogP contribution in [0.15, 0.2) is 42.5 Å². The Morgan fingerprint density at radius 1 is 1.03 bits per heavy atom. The molecule has 0 aliphatic carbocycles. The van der Waals surface area contributed by atoms with Crippen molar-refractivity contribution in [1.82, 2.24) is 0 Å². The van der Waals surface area contributed by atoms with Crippen molar-refractivity contribution >= 4 is 17.9 Å². The fourth-order valence-electron chi connectivity index (χ4n) is 4.96. The molecule has 0 radical (unpaired) electrons. The minimum Gasteiger partial charge on any atom is -0.478 e. The molecule has 32 heavy (non-hydrogen) atoms. The van der Waals surface area contributed by atoms with Gasteiger partial charge in [-0.2, -0.15) is 0 Å². The number of carbonyl (C=O) groups is 3. The maximum Gasteiger partial charge on any atom is 0.328 e. The van der Waals surface area contributed by atoms with Crippen LogP contribution in [0.5, 0.6) is 0 Å². The average Bonchev–Trinajstić information content (AvgIpc) is 2.91. The molecule has 2 fully saturated rings. The first-order chi connectivity index (χ1) is 15.1. The normalized spacial score (nSPS) is 27.5. The molecule has 1 unspecified atom stereocenters. The number of carboxylic acid groups (broad SMARTS) is 2. The standard InChI is InChI=1S/C20H30NO3.C4H4O4/c1-14(2)21(3)16-9-10-17(21)12-18(11-16)24-20(23)19(13-22)15-7-5-4-6-8-15;5-3(6)1-2-4(7)8/h4-8,14,16-19,22H,9-13H2,1-3H3;1-2H,(H,5,6)(H,7,8)/q+1;/b;2-1+/t16-,17-,18?,19?,21?;/m1./s1. The molecule has 1 aromatic rings. The Bertz CT molecular complexity index is 791. The molecule has 3 rings (SSSR count). The zero-order valence-electron chi connectivity index (χ0n) is 18.9. The molecule has 3 N–H and O–H groups in total. The summed E-state index contributed by atoms with van der Waals surface area (Å²) in [6.07, 6.45) is 5.47. The number of benzene rings is 1. The molecule has 0 amide bonds. The second-order valence-electron chi connectivity index (χ2n) is 8.89. The number of hydrogen-bond acceptors (Lipinski definition) is 5. The van der Waals surface area contributed by atoms with Gasteiger partial charge in [0.2, 0.25) is 0 Å². The molecule has 2 heterocycles. The third-order valence-corrected chi connectivity index (χ3v) is 6.91. The number of aliphatic hydroxyl groups is 1. The van der Waals surface area contributed by atoms with Gasteiger partial charge in [-0.15, -0.1) is 0 Å². The van der Waals surface area contributed by atoms with Gasteiger partial charge in [0.25, 0.3) is 0 Å². The van der Waals surface area contributed by atoms with Gasteiger partial charge in [-0.05, 0) is 19.4 Å². The van der Waals surface area contributed by atoms with Crippen LogP contribution in [0.4, 0.5) is 0 Å². The van der Waals surface area contributed by atoms with Gasteiger partial charge >= 0.3 is 17.9 Å². The first-order valence-corrected chi connectivity index (χ1v) is 10.9. The first kappa shape index (κ1) is 25.5. The van der Waals surface area contributed by atoms with Gasteiger partial charge in [-0.1, -0.05) is 30.3 Å². The highest BCUT2D eigenvalue weighted by Gasteiger charge is 2.53. The molecule has 2 aliphatic rings. The summed E-state index contributed by atoms with van der Waals surface area (Å²) in [4.78, 5) is 31.7. The number of piperidine rings is 1. The molecule has 2 aliphatic heterocycles. The molecule has 3 atom stereocenters. The molecule has 0 spiro atoms. The second-order valence-corrected chi connectivity index (χ2v) is 8.89. The van der Waals surface area contributed by atoms with E-state index < -0.39 is 17.9 Å². The number of nitrogens with zero attached hydrogens (tertiary/aromatic N) is 1. The van der Waals surface area contributed by atoms with E-state index in [9.17, 15) is 19.5 Å². The van der Waals surface area contributed by atoms with Crippen molar-refractivity contribution in [3.8, 4) is 0 Å². The molecule has 2 bridgehead atoms. The average molecular weight is 449 g/mol. The predicted molar refractivity (Wildman–Crippen MR) is 118 cm³/mol. The predicted octanol–water partition coefficient (Wildman–Crippen LogP) is 2.57. The van der Waals surface area contributed by atoms with Crippen LogP contribution in [-0.2, 0) is 19.1 Å². The lowest BCUT2D eigenvalue weighted by molar-refractivity contribution is -0.968. The van der Waals surface area contributed by atoms with Crippen molar-refractivity contribution in [2.45, 2.75) is 69.7 Å². The Morgan fingerprint density at radius 3 is 1.94 bits per heavy atom. The van der Waals surface area contributed by atoms with Crippen LogP contribution < -0.4 is 0 Å². The van der Waals surface area contributed by atoms with E-state index in [0.717, 1.165) is 22.9 Å². The lowest BCUT2D eigenvalue weighted by atomic mass is 9.94. The van der Waals surface area contributed by atoms with E-state index in [1.165, 1.54) is 12.8 Å². The van der Waals surface area contributed by atoms with E-state index >= 15 is 0 Å². The Balaban J connectivity index is 0.000000390. The molecular weight excluding hydrogens is 414 g/mol. The van der Waals surface area contributed by atoms with Crippen LogP contribution in [-0.4, -0.2) is 75.6 Å². The van der Waals surface area contributed by atoms with Gasteiger partial charge in [0.15, 0.2) is 0 Å².